The van der Waals surface area contributed by atoms with Crippen molar-refractivity contribution < 1.29 is 0 Å². The van der Waals surface area contributed by atoms with Crippen molar-refractivity contribution in [2.75, 3.05) is 0 Å². The summed E-state index contributed by atoms with van der Waals surface area (Å²) in [6, 6.07) is 21.2. The van der Waals surface area contributed by atoms with Gasteiger partial charge in [-0.2, -0.15) is 0 Å². The Hall–Kier alpha value is -3.27. The predicted octanol–water partition coefficient (Wildman–Crippen LogP) is 8.07. The highest BCUT2D eigenvalue weighted by Gasteiger charge is 2.17. The summed E-state index contributed by atoms with van der Waals surface area (Å²) in [5, 5.41) is 0. The lowest BCUT2D eigenvalue weighted by Crippen LogP contribution is -2.06. The number of benzene rings is 2. The van der Waals surface area contributed by atoms with Gasteiger partial charge in [-0.05, 0) is 68.0 Å². The van der Waals surface area contributed by atoms with Crippen molar-refractivity contribution in [3.63, 3.8) is 0 Å². The molecule has 0 N–H and O–H groups in total. The highest BCUT2D eigenvalue weighted by molar-refractivity contribution is 5.99. The van der Waals surface area contributed by atoms with Gasteiger partial charge in [0.05, 0.1) is 28.1 Å². The summed E-state index contributed by atoms with van der Waals surface area (Å²) < 4.78 is 2.26. The highest BCUT2D eigenvalue weighted by atomic mass is 15.1. The summed E-state index contributed by atoms with van der Waals surface area (Å²) in [7, 11) is 0. The molecule has 0 amide bonds. The first kappa shape index (κ1) is 22.9. The van der Waals surface area contributed by atoms with Crippen molar-refractivity contribution >= 4 is 22.4 Å². The molecule has 0 unspecified atom stereocenters. The molecule has 2 aromatic heterocycles. The monoisotopic (exact) mass is 438 g/mol. The van der Waals surface area contributed by atoms with Crippen molar-refractivity contribution in [1.29, 1.82) is 0 Å². The summed E-state index contributed by atoms with van der Waals surface area (Å²) in [6.45, 7) is 15.3. The Morgan fingerprint density at radius 3 is 2.03 bits per heavy atom. The van der Waals surface area contributed by atoms with Gasteiger partial charge in [0.25, 0.3) is 0 Å². The number of hydrogen-bond acceptors (Lipinski definition) is 3. The van der Waals surface area contributed by atoms with Crippen LogP contribution in [0.4, 0.5) is 5.69 Å². The van der Waals surface area contributed by atoms with Crippen molar-refractivity contribution in [3.8, 4) is 11.5 Å². The van der Waals surface area contributed by atoms with Gasteiger partial charge in [-0.15, -0.1) is 0 Å². The van der Waals surface area contributed by atoms with Crippen LogP contribution in [0.5, 0.6) is 0 Å². The van der Waals surface area contributed by atoms with Gasteiger partial charge in [-0.1, -0.05) is 64.1 Å². The first-order valence-electron chi connectivity index (χ1n) is 11.9. The summed E-state index contributed by atoms with van der Waals surface area (Å²) in [5.41, 5.74) is 8.42. The van der Waals surface area contributed by atoms with Crippen LogP contribution in [0.15, 0.2) is 65.7 Å². The molecule has 0 radical (unpaired) electrons. The van der Waals surface area contributed by atoms with Crippen molar-refractivity contribution in [2.24, 2.45) is 4.99 Å². The Morgan fingerprint density at radius 2 is 1.39 bits per heavy atom. The number of imidazole rings is 1. The van der Waals surface area contributed by atoms with Crippen LogP contribution >= 0.6 is 0 Å². The molecule has 0 aliphatic carbocycles. The molecule has 0 spiro atoms. The summed E-state index contributed by atoms with van der Waals surface area (Å²) in [6.07, 6.45) is 0. The van der Waals surface area contributed by atoms with Crippen LogP contribution < -0.4 is 0 Å². The van der Waals surface area contributed by atoms with Crippen molar-refractivity contribution in [1.82, 2.24) is 14.5 Å². The zero-order valence-corrected chi connectivity index (χ0v) is 20.8. The van der Waals surface area contributed by atoms with E-state index in [4.69, 9.17) is 15.0 Å². The van der Waals surface area contributed by atoms with E-state index in [-0.39, 0.29) is 6.04 Å². The molecule has 170 valence electrons. The largest absolute Gasteiger partial charge is 0.320 e. The molecule has 0 fully saturated rings. The van der Waals surface area contributed by atoms with Gasteiger partial charge in [-0.3, -0.25) is 4.99 Å². The van der Waals surface area contributed by atoms with Gasteiger partial charge in [0, 0.05) is 6.04 Å². The van der Waals surface area contributed by atoms with Crippen LogP contribution in [-0.2, 0) is 0 Å². The van der Waals surface area contributed by atoms with E-state index in [1.165, 1.54) is 11.1 Å². The number of rotatable bonds is 6. The molecule has 0 aliphatic rings. The van der Waals surface area contributed by atoms with E-state index in [1.807, 2.05) is 18.2 Å². The first-order chi connectivity index (χ1) is 15.8. The summed E-state index contributed by atoms with van der Waals surface area (Å²) in [5.74, 6) is 1.70. The third kappa shape index (κ3) is 4.47. The zero-order valence-electron chi connectivity index (χ0n) is 20.8. The average molecular weight is 439 g/mol. The number of pyridine rings is 1. The molecule has 0 aliphatic heterocycles. The second kappa shape index (κ2) is 9.30. The minimum absolute atomic E-state index is 0.277. The van der Waals surface area contributed by atoms with Gasteiger partial charge >= 0.3 is 0 Å². The summed E-state index contributed by atoms with van der Waals surface area (Å²) in [4.78, 5) is 15.1. The van der Waals surface area contributed by atoms with Crippen molar-refractivity contribution in [2.45, 2.75) is 66.3 Å². The highest BCUT2D eigenvalue weighted by Crippen LogP contribution is 2.35. The van der Waals surface area contributed by atoms with Gasteiger partial charge in [0.15, 0.2) is 5.82 Å². The molecule has 2 heterocycles. The Morgan fingerprint density at radius 1 is 0.758 bits per heavy atom. The normalized spacial score (nSPS) is 12.5. The van der Waals surface area contributed by atoms with Gasteiger partial charge in [0.2, 0.25) is 0 Å². The Labute approximate surface area is 197 Å². The molecule has 2 aromatic carbocycles. The molecule has 4 nitrogen and oxygen atoms in total. The molecule has 0 bridgehead atoms. The third-order valence-electron chi connectivity index (χ3n) is 6.08. The van der Waals surface area contributed by atoms with E-state index >= 15 is 0 Å². The minimum atomic E-state index is 0.277. The van der Waals surface area contributed by atoms with Gasteiger partial charge < -0.3 is 4.57 Å². The fourth-order valence-corrected chi connectivity index (χ4v) is 4.37. The molecule has 4 aromatic rings. The van der Waals surface area contributed by atoms with E-state index in [9.17, 15) is 0 Å². The lowest BCUT2D eigenvalue weighted by molar-refractivity contribution is 0.623. The van der Waals surface area contributed by atoms with Crippen molar-refractivity contribution in [3.05, 3.63) is 77.5 Å². The van der Waals surface area contributed by atoms with Crippen LogP contribution in [-0.4, -0.2) is 20.2 Å². The van der Waals surface area contributed by atoms with E-state index in [0.717, 1.165) is 39.6 Å². The quantitative estimate of drug-likeness (QED) is 0.286. The van der Waals surface area contributed by atoms with E-state index in [1.54, 1.807) is 0 Å². The van der Waals surface area contributed by atoms with Gasteiger partial charge in [0.1, 0.15) is 5.69 Å². The molecule has 4 rings (SSSR count). The van der Waals surface area contributed by atoms with E-state index in [2.05, 4.69) is 95.5 Å². The molecular formula is C29H34N4. The number of hydrogen-bond donors (Lipinski definition) is 0. The average Bonchev–Trinajstić information content (AvgIpc) is 3.19. The lowest BCUT2D eigenvalue weighted by Gasteiger charge is -2.17. The maximum absolute atomic E-state index is 5.13. The number of para-hydroxylation sites is 3. The number of aliphatic imine (C=N–C) groups is 1. The Bertz CT molecular complexity index is 1280. The molecule has 0 atom stereocenters. The van der Waals surface area contributed by atoms with Crippen LogP contribution in [0, 0.1) is 0 Å². The Balaban J connectivity index is 1.83. The second-order valence-electron chi connectivity index (χ2n) is 9.59. The lowest BCUT2D eigenvalue weighted by atomic mass is 9.93. The first-order valence-corrected chi connectivity index (χ1v) is 11.9. The predicted molar refractivity (Wildman–Crippen MR) is 140 cm³/mol. The third-order valence-corrected chi connectivity index (χ3v) is 6.08. The number of fused-ring (bicyclic) bond motifs is 1. The maximum atomic E-state index is 5.13. The molecule has 0 saturated carbocycles. The fraction of sp³-hybridized carbons (Fsp3) is 0.345. The van der Waals surface area contributed by atoms with Gasteiger partial charge in [-0.25, -0.2) is 9.97 Å². The van der Waals surface area contributed by atoms with E-state index in [0.29, 0.717) is 11.8 Å². The topological polar surface area (TPSA) is 43.1 Å². The zero-order chi connectivity index (χ0) is 23.7. The van der Waals surface area contributed by atoms with Crippen LogP contribution in [0.1, 0.15) is 83.2 Å². The second-order valence-corrected chi connectivity index (χ2v) is 9.59. The smallest absolute Gasteiger partial charge is 0.160 e. The number of nitrogens with zero attached hydrogens (tertiary/aromatic N) is 4. The Kier molecular flexibility index (Phi) is 6.46. The van der Waals surface area contributed by atoms with Crippen LogP contribution in [0.3, 0.4) is 0 Å². The molecule has 33 heavy (non-hydrogen) atoms. The molecule has 0 saturated heterocycles. The maximum Gasteiger partial charge on any atom is 0.160 e. The SMILES string of the molecule is CC(=Nc1c(C(C)C)cccc1C(C)C)c1cccc(-c2nc3ccccc3n2C(C)C)n1. The van der Waals surface area contributed by atoms with E-state index < -0.39 is 0 Å². The molecular weight excluding hydrogens is 404 g/mol. The molecule has 4 heteroatoms. The van der Waals surface area contributed by atoms with Crippen LogP contribution in [0.25, 0.3) is 22.6 Å². The van der Waals surface area contributed by atoms with Crippen LogP contribution in [0.2, 0.25) is 0 Å². The minimum Gasteiger partial charge on any atom is -0.320 e. The number of aromatic nitrogens is 3. The fourth-order valence-electron chi connectivity index (χ4n) is 4.37. The summed E-state index contributed by atoms with van der Waals surface area (Å²) >= 11 is 0. The standard InChI is InChI=1S/C29H34N4/c1-18(2)22-12-10-13-23(19(3)4)28(22)30-21(7)24-15-11-16-26(31-24)29-32-25-14-8-9-17-27(25)33(29)20(5)6/h8-20H,1-7H3.